The van der Waals surface area contributed by atoms with E-state index in [1.54, 1.807) is 0 Å². The second-order valence-electron chi connectivity index (χ2n) is 4.03. The van der Waals surface area contributed by atoms with Crippen LogP contribution < -0.4 is 5.32 Å². The molecule has 1 unspecified atom stereocenters. The van der Waals surface area contributed by atoms with Crippen LogP contribution in [0.1, 0.15) is 18.9 Å². The van der Waals surface area contributed by atoms with Gasteiger partial charge >= 0.3 is 0 Å². The lowest BCUT2D eigenvalue weighted by atomic mass is 9.92. The van der Waals surface area contributed by atoms with E-state index in [0.717, 1.165) is 26.1 Å². The average Bonchev–Trinajstić information content (AvgIpc) is 2.69. The third-order valence-corrected chi connectivity index (χ3v) is 2.89. The topological polar surface area (TPSA) is 46.9 Å². The standard InChI is InChI=1S/C11H17N3O/c1-2-14-8-9(6-13-14)5-10-7-12-4-3-11(10)15/h6,8,10,12H,2-5,7H2,1H3. The van der Waals surface area contributed by atoms with Crippen LogP contribution in [-0.2, 0) is 17.8 Å². The molecule has 1 fully saturated rings. The summed E-state index contributed by atoms with van der Waals surface area (Å²) < 4.78 is 1.90. The van der Waals surface area contributed by atoms with Crippen molar-refractivity contribution in [1.82, 2.24) is 15.1 Å². The molecule has 0 spiro atoms. The SMILES string of the molecule is CCn1cc(CC2CNCCC2=O)cn1. The highest BCUT2D eigenvalue weighted by Crippen LogP contribution is 2.12. The van der Waals surface area contributed by atoms with Crippen LogP contribution in [0.4, 0.5) is 0 Å². The second kappa shape index (κ2) is 4.57. The van der Waals surface area contributed by atoms with Crippen molar-refractivity contribution in [3.63, 3.8) is 0 Å². The van der Waals surface area contributed by atoms with Gasteiger partial charge in [0.25, 0.3) is 0 Å². The molecule has 2 heterocycles. The van der Waals surface area contributed by atoms with Gasteiger partial charge in [0.1, 0.15) is 5.78 Å². The summed E-state index contributed by atoms with van der Waals surface area (Å²) in [5.41, 5.74) is 1.17. The molecule has 1 saturated heterocycles. The molecule has 4 heteroatoms. The van der Waals surface area contributed by atoms with E-state index in [0.29, 0.717) is 12.2 Å². The summed E-state index contributed by atoms with van der Waals surface area (Å²) in [6.07, 6.45) is 5.39. The van der Waals surface area contributed by atoms with E-state index in [1.807, 2.05) is 17.1 Å². The first-order chi connectivity index (χ1) is 7.29. The minimum Gasteiger partial charge on any atom is -0.316 e. The van der Waals surface area contributed by atoms with Gasteiger partial charge in [0.2, 0.25) is 0 Å². The molecule has 0 amide bonds. The lowest BCUT2D eigenvalue weighted by molar-refractivity contribution is -0.123. The molecule has 1 aliphatic rings. The summed E-state index contributed by atoms with van der Waals surface area (Å²) in [5, 5.41) is 7.47. The van der Waals surface area contributed by atoms with Crippen molar-refractivity contribution < 1.29 is 4.79 Å². The van der Waals surface area contributed by atoms with Crippen LogP contribution in [0.5, 0.6) is 0 Å². The van der Waals surface area contributed by atoms with Crippen molar-refractivity contribution in [2.24, 2.45) is 5.92 Å². The minimum absolute atomic E-state index is 0.147. The average molecular weight is 207 g/mol. The fourth-order valence-corrected chi connectivity index (χ4v) is 1.96. The van der Waals surface area contributed by atoms with Gasteiger partial charge in [-0.1, -0.05) is 0 Å². The Kier molecular flexibility index (Phi) is 3.16. The number of nitrogens with zero attached hydrogens (tertiary/aromatic N) is 2. The number of aromatic nitrogens is 2. The summed E-state index contributed by atoms with van der Waals surface area (Å²) in [6, 6.07) is 0. The van der Waals surface area contributed by atoms with Crippen molar-refractivity contribution in [3.8, 4) is 0 Å². The first-order valence-electron chi connectivity index (χ1n) is 5.54. The second-order valence-corrected chi connectivity index (χ2v) is 4.03. The van der Waals surface area contributed by atoms with Gasteiger partial charge in [-0.15, -0.1) is 0 Å². The number of piperidine rings is 1. The Morgan fingerprint density at radius 1 is 1.67 bits per heavy atom. The zero-order valence-electron chi connectivity index (χ0n) is 9.07. The zero-order chi connectivity index (χ0) is 10.7. The van der Waals surface area contributed by atoms with E-state index in [9.17, 15) is 4.79 Å². The first kappa shape index (κ1) is 10.4. The van der Waals surface area contributed by atoms with Crippen LogP contribution in [0, 0.1) is 5.92 Å². The smallest absolute Gasteiger partial charge is 0.138 e. The zero-order valence-corrected chi connectivity index (χ0v) is 9.07. The molecule has 0 aromatic carbocycles. The fourth-order valence-electron chi connectivity index (χ4n) is 1.96. The molecule has 0 saturated carbocycles. The van der Waals surface area contributed by atoms with Gasteiger partial charge in [0.15, 0.2) is 0 Å². The maximum Gasteiger partial charge on any atom is 0.138 e. The highest BCUT2D eigenvalue weighted by atomic mass is 16.1. The van der Waals surface area contributed by atoms with Crippen LogP contribution in [0.15, 0.2) is 12.4 Å². The van der Waals surface area contributed by atoms with Crippen molar-refractivity contribution in [1.29, 1.82) is 0 Å². The molecule has 0 bridgehead atoms. The molecule has 0 radical (unpaired) electrons. The lowest BCUT2D eigenvalue weighted by Crippen LogP contribution is -2.37. The lowest BCUT2D eigenvalue weighted by Gasteiger charge is -2.20. The normalized spacial score (nSPS) is 21.9. The summed E-state index contributed by atoms with van der Waals surface area (Å²) in [5.74, 6) is 0.534. The van der Waals surface area contributed by atoms with Gasteiger partial charge in [-0.25, -0.2) is 0 Å². The molecule has 1 aliphatic heterocycles. The first-order valence-corrected chi connectivity index (χ1v) is 5.54. The van der Waals surface area contributed by atoms with Gasteiger partial charge in [-0.2, -0.15) is 5.10 Å². The van der Waals surface area contributed by atoms with E-state index >= 15 is 0 Å². The third-order valence-electron chi connectivity index (χ3n) is 2.89. The fraction of sp³-hybridized carbons (Fsp3) is 0.636. The number of nitrogens with one attached hydrogen (secondary N) is 1. The molecular formula is C11H17N3O. The Morgan fingerprint density at radius 2 is 2.53 bits per heavy atom. The molecular weight excluding hydrogens is 190 g/mol. The largest absolute Gasteiger partial charge is 0.316 e. The number of carbonyl (C=O) groups excluding carboxylic acids is 1. The van der Waals surface area contributed by atoms with E-state index < -0.39 is 0 Å². The number of hydrogen-bond acceptors (Lipinski definition) is 3. The van der Waals surface area contributed by atoms with Crippen LogP contribution in [0.25, 0.3) is 0 Å². The Morgan fingerprint density at radius 3 is 3.20 bits per heavy atom. The highest BCUT2D eigenvalue weighted by Gasteiger charge is 2.22. The van der Waals surface area contributed by atoms with E-state index in [1.165, 1.54) is 5.56 Å². The summed E-state index contributed by atoms with van der Waals surface area (Å²) >= 11 is 0. The number of rotatable bonds is 3. The van der Waals surface area contributed by atoms with Crippen LogP contribution in [-0.4, -0.2) is 28.7 Å². The molecule has 1 aromatic heterocycles. The summed E-state index contributed by atoms with van der Waals surface area (Å²) in [6.45, 7) is 4.60. The molecule has 82 valence electrons. The number of aryl methyl sites for hydroxylation is 1. The summed E-state index contributed by atoms with van der Waals surface area (Å²) in [4.78, 5) is 11.6. The van der Waals surface area contributed by atoms with Crippen LogP contribution in [0.2, 0.25) is 0 Å². The molecule has 1 atom stereocenters. The number of carbonyl (C=O) groups is 1. The van der Waals surface area contributed by atoms with Crippen LogP contribution in [0.3, 0.4) is 0 Å². The van der Waals surface area contributed by atoms with Crippen LogP contribution >= 0.6 is 0 Å². The monoisotopic (exact) mass is 207 g/mol. The maximum absolute atomic E-state index is 11.6. The predicted molar refractivity (Wildman–Crippen MR) is 57.6 cm³/mol. The van der Waals surface area contributed by atoms with Gasteiger partial charge < -0.3 is 5.32 Å². The van der Waals surface area contributed by atoms with Crippen molar-refractivity contribution in [2.75, 3.05) is 13.1 Å². The van der Waals surface area contributed by atoms with Gasteiger partial charge in [-0.05, 0) is 18.9 Å². The van der Waals surface area contributed by atoms with Crippen molar-refractivity contribution in [3.05, 3.63) is 18.0 Å². The predicted octanol–water partition coefficient (Wildman–Crippen LogP) is 0.624. The Balaban J connectivity index is 1.98. The Bertz CT molecular complexity index is 345. The van der Waals surface area contributed by atoms with Crippen molar-refractivity contribution in [2.45, 2.75) is 26.3 Å². The highest BCUT2D eigenvalue weighted by molar-refractivity contribution is 5.82. The molecule has 1 aromatic rings. The molecule has 4 nitrogen and oxygen atoms in total. The Hall–Kier alpha value is -1.16. The Labute approximate surface area is 89.7 Å². The number of ketones is 1. The van der Waals surface area contributed by atoms with Gasteiger partial charge in [0.05, 0.1) is 6.20 Å². The molecule has 15 heavy (non-hydrogen) atoms. The quantitative estimate of drug-likeness (QED) is 0.790. The van der Waals surface area contributed by atoms with Gasteiger partial charge in [0, 0.05) is 38.2 Å². The van der Waals surface area contributed by atoms with E-state index in [4.69, 9.17) is 0 Å². The van der Waals surface area contributed by atoms with E-state index in [2.05, 4.69) is 17.3 Å². The maximum atomic E-state index is 11.6. The van der Waals surface area contributed by atoms with E-state index in [-0.39, 0.29) is 5.92 Å². The molecule has 0 aliphatic carbocycles. The minimum atomic E-state index is 0.147. The third kappa shape index (κ3) is 2.45. The molecule has 1 N–H and O–H groups in total. The van der Waals surface area contributed by atoms with Crippen molar-refractivity contribution >= 4 is 5.78 Å². The summed E-state index contributed by atoms with van der Waals surface area (Å²) in [7, 11) is 0. The number of Topliss-reactive ketones (excluding diaryl/α,β-unsaturated/α-hetero) is 1. The molecule has 2 rings (SSSR count). The number of hydrogen-bond donors (Lipinski definition) is 1. The van der Waals surface area contributed by atoms with Gasteiger partial charge in [-0.3, -0.25) is 9.48 Å².